The number of aliphatic carboxylic acids is 1. The highest BCUT2D eigenvalue weighted by molar-refractivity contribution is 6.48. The zero-order valence-electron chi connectivity index (χ0n) is 11.1. The molecule has 0 amide bonds. The molecule has 1 N–H and O–H groups in total. The van der Waals surface area contributed by atoms with Crippen molar-refractivity contribution in [3.63, 3.8) is 0 Å². The van der Waals surface area contributed by atoms with Crippen LogP contribution in [0.5, 0.6) is 0 Å². The summed E-state index contributed by atoms with van der Waals surface area (Å²) in [5, 5.41) is 8.80. The Labute approximate surface area is 104 Å². The Morgan fingerprint density at radius 3 is 2.12 bits per heavy atom. The van der Waals surface area contributed by atoms with Crippen LogP contribution < -0.4 is 0 Å². The van der Waals surface area contributed by atoms with Gasteiger partial charge in [-0.2, -0.15) is 0 Å². The van der Waals surface area contributed by atoms with Crippen LogP contribution in [0.3, 0.4) is 0 Å². The molecule has 0 aromatic heterocycles. The number of hydrogen-bond acceptors (Lipinski definition) is 4. The first kappa shape index (κ1) is 16.1. The molecule has 0 aliphatic rings. The molecule has 5 nitrogen and oxygen atoms in total. The lowest BCUT2D eigenvalue weighted by Gasteiger charge is -2.28. The average Bonchev–Trinajstić information content (AvgIpc) is 2.11. The van der Waals surface area contributed by atoms with Gasteiger partial charge in [0.05, 0.1) is 6.42 Å². The lowest BCUT2D eigenvalue weighted by atomic mass is 9.77. The van der Waals surface area contributed by atoms with Crippen molar-refractivity contribution in [2.45, 2.75) is 46.7 Å². The van der Waals surface area contributed by atoms with E-state index in [2.05, 4.69) is 4.89 Å². The Morgan fingerprint density at radius 2 is 1.76 bits per heavy atom. The van der Waals surface area contributed by atoms with E-state index in [9.17, 15) is 9.59 Å². The molecule has 0 spiro atoms. The van der Waals surface area contributed by atoms with Gasteiger partial charge in [-0.3, -0.25) is 4.79 Å². The van der Waals surface area contributed by atoms with Crippen molar-refractivity contribution in [1.29, 1.82) is 0 Å². The fourth-order valence-corrected chi connectivity index (χ4v) is 1.58. The van der Waals surface area contributed by atoms with Gasteiger partial charge in [-0.15, -0.1) is 0 Å². The van der Waals surface area contributed by atoms with Crippen molar-refractivity contribution in [1.82, 2.24) is 0 Å². The van der Waals surface area contributed by atoms with Crippen LogP contribution in [-0.4, -0.2) is 26.1 Å². The molecule has 0 heterocycles. The summed E-state index contributed by atoms with van der Waals surface area (Å²) in [6, 6.07) is 0. The van der Waals surface area contributed by atoms with Crippen LogP contribution in [0.4, 0.5) is 0 Å². The van der Waals surface area contributed by atoms with Crippen LogP contribution >= 0.6 is 0 Å². The second-order valence-electron chi connectivity index (χ2n) is 5.47. The minimum Gasteiger partial charge on any atom is -0.481 e. The topological polar surface area (TPSA) is 72.8 Å². The van der Waals surface area contributed by atoms with Crippen molar-refractivity contribution in [3.8, 4) is 0 Å². The molecule has 0 radical (unpaired) electrons. The maximum absolute atomic E-state index is 11.5. The van der Waals surface area contributed by atoms with Gasteiger partial charge in [0.1, 0.15) is 0 Å². The summed E-state index contributed by atoms with van der Waals surface area (Å²) in [5.74, 6) is -1.66. The zero-order chi connectivity index (χ0) is 13.6. The Balaban J connectivity index is 4.34. The summed E-state index contributed by atoms with van der Waals surface area (Å²) >= 11 is 0. The van der Waals surface area contributed by atoms with Crippen molar-refractivity contribution >= 4 is 21.0 Å². The first-order valence-corrected chi connectivity index (χ1v) is 8.49. The molecule has 100 valence electrons. The number of carbonyl (C=O) groups excluding carboxylic acids is 1. The van der Waals surface area contributed by atoms with Crippen molar-refractivity contribution in [2.24, 2.45) is 11.3 Å². The molecule has 6 heteroatoms. The molecule has 0 aromatic rings. The number of rotatable bonds is 6. The van der Waals surface area contributed by atoms with Crippen LogP contribution in [0.1, 0.15) is 33.6 Å². The molecule has 1 atom stereocenters. The van der Waals surface area contributed by atoms with Gasteiger partial charge in [-0.05, 0) is 24.4 Å². The number of hydrogen-bond donors (Lipinski definition) is 1. The van der Waals surface area contributed by atoms with E-state index in [0.29, 0.717) is 0 Å². The molecule has 0 saturated carbocycles. The zero-order valence-corrected chi connectivity index (χ0v) is 12.3. The van der Waals surface area contributed by atoms with Gasteiger partial charge in [0.2, 0.25) is 9.04 Å². The van der Waals surface area contributed by atoms with Gasteiger partial charge in [0, 0.05) is 6.42 Å². The molecule has 0 aliphatic carbocycles. The van der Waals surface area contributed by atoms with Crippen LogP contribution in [0.2, 0.25) is 13.1 Å². The highest BCUT2D eigenvalue weighted by Gasteiger charge is 2.30. The minimum atomic E-state index is -1.40. The lowest BCUT2D eigenvalue weighted by molar-refractivity contribution is -0.218. The molecular weight excluding hydrogens is 240 g/mol. The molecule has 0 aromatic carbocycles. The molecule has 0 aliphatic heterocycles. The fourth-order valence-electron chi connectivity index (χ4n) is 1.28. The molecule has 1 unspecified atom stereocenters. The lowest BCUT2D eigenvalue weighted by Crippen LogP contribution is -2.27. The summed E-state index contributed by atoms with van der Waals surface area (Å²) in [6.07, 6.45) is 0.0224. The molecule has 17 heavy (non-hydrogen) atoms. The third-order valence-corrected chi connectivity index (χ3v) is 2.87. The van der Waals surface area contributed by atoms with Crippen LogP contribution in [0, 0.1) is 11.3 Å². The molecule has 0 saturated heterocycles. The monoisotopic (exact) mass is 262 g/mol. The summed E-state index contributed by atoms with van der Waals surface area (Å²) < 4.78 is 4.86. The molecule has 0 rings (SSSR count). The Hall–Kier alpha value is -0.883. The smallest absolute Gasteiger partial charge is 0.341 e. The van der Waals surface area contributed by atoms with Crippen molar-refractivity contribution < 1.29 is 24.2 Å². The third kappa shape index (κ3) is 7.92. The van der Waals surface area contributed by atoms with Gasteiger partial charge < -0.3 is 9.99 Å². The average molecular weight is 262 g/mol. The van der Waals surface area contributed by atoms with E-state index in [4.69, 9.17) is 9.68 Å². The molecular formula is C11H22O5Si. The quantitative estimate of drug-likeness (QED) is 0.450. The summed E-state index contributed by atoms with van der Waals surface area (Å²) in [6.45, 7) is 9.49. The largest absolute Gasteiger partial charge is 0.481 e. The summed E-state index contributed by atoms with van der Waals surface area (Å²) in [7, 11) is -1.40. The Bertz CT molecular complexity index is 270. The van der Waals surface area contributed by atoms with Gasteiger partial charge in [0.25, 0.3) is 0 Å². The SMILES string of the molecule is C[SiH](C)OOC(=O)CC(CC(=O)O)C(C)(C)C. The van der Waals surface area contributed by atoms with E-state index in [1.165, 1.54) is 0 Å². The highest BCUT2D eigenvalue weighted by atomic mass is 28.3. The standard InChI is InChI=1S/C11H22O5Si/c1-11(2,3)8(6-9(12)13)7-10(14)15-16-17(4)5/h8,17H,6-7H2,1-5H3,(H,12,13). The van der Waals surface area contributed by atoms with E-state index in [1.807, 2.05) is 33.9 Å². The summed E-state index contributed by atoms with van der Waals surface area (Å²) in [5.41, 5.74) is -0.257. The van der Waals surface area contributed by atoms with Crippen LogP contribution in [-0.2, 0) is 19.1 Å². The number of carboxylic acids is 1. The van der Waals surface area contributed by atoms with E-state index in [-0.39, 0.29) is 24.2 Å². The second-order valence-corrected chi connectivity index (χ2v) is 7.76. The van der Waals surface area contributed by atoms with E-state index in [1.54, 1.807) is 0 Å². The highest BCUT2D eigenvalue weighted by Crippen LogP contribution is 2.31. The maximum Gasteiger partial charge on any atom is 0.341 e. The van der Waals surface area contributed by atoms with E-state index in [0.717, 1.165) is 0 Å². The Morgan fingerprint density at radius 1 is 1.24 bits per heavy atom. The summed E-state index contributed by atoms with van der Waals surface area (Å²) in [4.78, 5) is 26.8. The first-order chi connectivity index (χ1) is 7.62. The molecule has 0 bridgehead atoms. The van der Waals surface area contributed by atoms with E-state index < -0.39 is 21.0 Å². The van der Waals surface area contributed by atoms with Crippen LogP contribution in [0.25, 0.3) is 0 Å². The van der Waals surface area contributed by atoms with Crippen molar-refractivity contribution in [2.75, 3.05) is 0 Å². The normalized spacial score (nSPS) is 13.5. The van der Waals surface area contributed by atoms with Gasteiger partial charge in [-0.1, -0.05) is 20.8 Å². The van der Waals surface area contributed by atoms with E-state index >= 15 is 0 Å². The number of carboxylic acid groups (broad SMARTS) is 1. The second kappa shape index (κ2) is 6.76. The molecule has 0 fully saturated rings. The predicted molar refractivity (Wildman–Crippen MR) is 65.9 cm³/mol. The van der Waals surface area contributed by atoms with Crippen LogP contribution in [0.15, 0.2) is 0 Å². The Kier molecular flexibility index (Phi) is 6.40. The minimum absolute atomic E-state index is 0.0439. The predicted octanol–water partition coefficient (Wildman–Crippen LogP) is 1.97. The fraction of sp³-hybridized carbons (Fsp3) is 0.818. The van der Waals surface area contributed by atoms with Gasteiger partial charge >= 0.3 is 11.9 Å². The number of carbonyl (C=O) groups is 2. The maximum atomic E-state index is 11.5. The third-order valence-electron chi connectivity index (χ3n) is 2.39. The van der Waals surface area contributed by atoms with Crippen molar-refractivity contribution in [3.05, 3.63) is 0 Å². The van der Waals surface area contributed by atoms with Gasteiger partial charge in [0.15, 0.2) is 0 Å². The first-order valence-electron chi connectivity index (χ1n) is 5.71. The van der Waals surface area contributed by atoms with Gasteiger partial charge in [-0.25, -0.2) is 9.37 Å².